The predicted molar refractivity (Wildman–Crippen MR) is 71.8 cm³/mol. The van der Waals surface area contributed by atoms with Gasteiger partial charge in [-0.2, -0.15) is 0 Å². The molecule has 0 aliphatic heterocycles. The molecule has 1 aromatic rings. The van der Waals surface area contributed by atoms with E-state index in [9.17, 15) is 5.11 Å². The van der Waals surface area contributed by atoms with E-state index in [-0.39, 0.29) is 0 Å². The van der Waals surface area contributed by atoms with E-state index in [1.165, 1.54) is 0 Å². The molecule has 16 heavy (non-hydrogen) atoms. The molecule has 92 valence electrons. The molecular weight excluding hydrogens is 220 g/mol. The molecule has 1 nitrogen and oxygen atoms in total. The molecule has 1 unspecified atom stereocenters. The van der Waals surface area contributed by atoms with Gasteiger partial charge in [-0.15, -0.1) is 0 Å². The van der Waals surface area contributed by atoms with Gasteiger partial charge in [-0.1, -0.05) is 51.4 Å². The number of benzene rings is 1. The van der Waals surface area contributed by atoms with Gasteiger partial charge in [-0.3, -0.25) is 0 Å². The van der Waals surface area contributed by atoms with Crippen LogP contribution in [-0.2, 0) is 5.60 Å². The monoisotopic (exact) mass is 242 g/mol. The van der Waals surface area contributed by atoms with Crippen molar-refractivity contribution in [1.29, 1.82) is 0 Å². The van der Waals surface area contributed by atoms with Gasteiger partial charge in [-0.05, 0) is 37.0 Å². The summed E-state index contributed by atoms with van der Waals surface area (Å²) in [5.41, 5.74) is 0.175. The molecule has 1 aromatic carbocycles. The van der Waals surface area contributed by atoms with Crippen molar-refractivity contribution in [3.05, 3.63) is 34.9 Å². The fourth-order valence-electron chi connectivity index (χ4n) is 1.72. The lowest BCUT2D eigenvalue weighted by Gasteiger charge is -2.25. The fraction of sp³-hybridized carbons (Fsp3) is 0.571. The van der Waals surface area contributed by atoms with Gasteiger partial charge in [0, 0.05) is 5.02 Å². The molecule has 0 aromatic heterocycles. The summed E-state index contributed by atoms with van der Waals surface area (Å²) in [7, 11) is 0. The van der Waals surface area contributed by atoms with Crippen molar-refractivity contribution < 1.29 is 5.11 Å². The summed E-state index contributed by atoms with van der Waals surface area (Å²) >= 11 is 5.79. The number of aliphatic hydroxyl groups is 1. The first kappa shape index (κ1) is 15.5. The fourth-order valence-corrected chi connectivity index (χ4v) is 1.85. The van der Waals surface area contributed by atoms with Crippen LogP contribution in [0.1, 0.15) is 46.6 Å². The highest BCUT2D eigenvalue weighted by atomic mass is 35.5. The van der Waals surface area contributed by atoms with E-state index < -0.39 is 5.60 Å². The molecule has 1 N–H and O–H groups in total. The quantitative estimate of drug-likeness (QED) is 0.820. The first-order chi connectivity index (χ1) is 7.42. The summed E-state index contributed by atoms with van der Waals surface area (Å²) in [4.78, 5) is 0. The highest BCUT2D eigenvalue weighted by molar-refractivity contribution is 6.30. The summed E-state index contributed by atoms with van der Waals surface area (Å²) in [5.74, 6) is 0.473. The van der Waals surface area contributed by atoms with Crippen LogP contribution in [-0.4, -0.2) is 5.11 Å². The Morgan fingerprint density at radius 3 is 2.00 bits per heavy atom. The van der Waals surface area contributed by atoms with Crippen molar-refractivity contribution in [3.63, 3.8) is 0 Å². The summed E-state index contributed by atoms with van der Waals surface area (Å²) in [6.07, 6.45) is 0.759. The molecule has 0 radical (unpaired) electrons. The number of halogens is 1. The molecule has 0 aliphatic rings. The maximum absolute atomic E-state index is 10.2. The van der Waals surface area contributed by atoms with E-state index in [2.05, 4.69) is 13.8 Å². The molecule has 1 atom stereocenters. The minimum atomic E-state index is -0.751. The molecule has 0 amide bonds. The molecule has 0 heterocycles. The number of hydrogen-bond donors (Lipinski definition) is 1. The van der Waals surface area contributed by atoms with E-state index in [0.29, 0.717) is 10.9 Å². The first-order valence-corrected chi connectivity index (χ1v) is 6.28. The van der Waals surface area contributed by atoms with E-state index in [4.69, 9.17) is 11.6 Å². The lowest BCUT2D eigenvalue weighted by atomic mass is 9.87. The Morgan fingerprint density at radius 2 is 1.62 bits per heavy atom. The third-order valence-corrected chi connectivity index (χ3v) is 2.52. The number of hydrogen-bond acceptors (Lipinski definition) is 1. The van der Waals surface area contributed by atoms with Crippen LogP contribution in [0.25, 0.3) is 0 Å². The Labute approximate surface area is 104 Å². The largest absolute Gasteiger partial charge is 0.385 e. The Hall–Kier alpha value is -0.530. The van der Waals surface area contributed by atoms with Crippen LogP contribution < -0.4 is 0 Å². The van der Waals surface area contributed by atoms with Crippen LogP contribution in [0.4, 0.5) is 0 Å². The lowest BCUT2D eigenvalue weighted by Crippen LogP contribution is -2.23. The van der Waals surface area contributed by atoms with Crippen molar-refractivity contribution in [3.8, 4) is 0 Å². The molecule has 0 saturated heterocycles. The van der Waals surface area contributed by atoms with E-state index in [1.807, 2.05) is 45.0 Å². The standard InChI is InChI=1S/C12H17ClO.C2H6/c1-9(2)8-12(3,14)10-4-6-11(13)7-5-10;1-2/h4-7,9,14H,8H2,1-3H3;1-2H3. The first-order valence-electron chi connectivity index (χ1n) is 5.90. The Bertz CT molecular complexity index is 288. The molecule has 1 rings (SSSR count). The van der Waals surface area contributed by atoms with Gasteiger partial charge in [0.15, 0.2) is 0 Å². The SMILES string of the molecule is CC.CC(C)CC(C)(O)c1ccc(Cl)cc1. The average Bonchev–Trinajstić information content (AvgIpc) is 2.19. The zero-order chi connectivity index (χ0) is 12.8. The molecule has 0 spiro atoms. The van der Waals surface area contributed by atoms with Gasteiger partial charge in [0.2, 0.25) is 0 Å². The van der Waals surface area contributed by atoms with Crippen molar-refractivity contribution in [2.45, 2.75) is 46.6 Å². The van der Waals surface area contributed by atoms with Crippen molar-refractivity contribution in [2.24, 2.45) is 5.92 Å². The van der Waals surface area contributed by atoms with Crippen molar-refractivity contribution >= 4 is 11.6 Å². The molecule has 0 fully saturated rings. The van der Waals surface area contributed by atoms with Crippen LogP contribution in [0.15, 0.2) is 24.3 Å². The van der Waals surface area contributed by atoms with Crippen LogP contribution in [0, 0.1) is 5.92 Å². The van der Waals surface area contributed by atoms with Crippen LogP contribution in [0.5, 0.6) is 0 Å². The van der Waals surface area contributed by atoms with Crippen LogP contribution >= 0.6 is 11.6 Å². The van der Waals surface area contributed by atoms with E-state index in [1.54, 1.807) is 0 Å². The molecule has 2 heteroatoms. The topological polar surface area (TPSA) is 20.2 Å². The Balaban J connectivity index is 0.00000106. The third-order valence-electron chi connectivity index (χ3n) is 2.27. The summed E-state index contributed by atoms with van der Waals surface area (Å²) in [6, 6.07) is 7.38. The summed E-state index contributed by atoms with van der Waals surface area (Å²) in [5, 5.41) is 10.9. The molecule has 0 saturated carbocycles. The molecular formula is C14H23ClO. The highest BCUT2D eigenvalue weighted by Gasteiger charge is 2.23. The van der Waals surface area contributed by atoms with E-state index >= 15 is 0 Å². The van der Waals surface area contributed by atoms with Crippen LogP contribution in [0.2, 0.25) is 5.02 Å². The molecule has 0 aliphatic carbocycles. The zero-order valence-corrected chi connectivity index (χ0v) is 11.7. The van der Waals surface area contributed by atoms with Gasteiger partial charge in [0.05, 0.1) is 5.60 Å². The van der Waals surface area contributed by atoms with Crippen LogP contribution in [0.3, 0.4) is 0 Å². The normalized spacial score (nSPS) is 14.0. The summed E-state index contributed by atoms with van der Waals surface area (Å²) in [6.45, 7) is 10.0. The Kier molecular flexibility index (Phi) is 6.70. The minimum absolute atomic E-state index is 0.473. The van der Waals surface area contributed by atoms with E-state index in [0.717, 1.165) is 12.0 Å². The maximum atomic E-state index is 10.2. The molecule has 0 bridgehead atoms. The zero-order valence-electron chi connectivity index (χ0n) is 10.9. The van der Waals surface area contributed by atoms with Gasteiger partial charge in [-0.25, -0.2) is 0 Å². The second-order valence-electron chi connectivity index (χ2n) is 4.38. The maximum Gasteiger partial charge on any atom is 0.0871 e. The average molecular weight is 243 g/mol. The van der Waals surface area contributed by atoms with Crippen molar-refractivity contribution in [1.82, 2.24) is 0 Å². The third kappa shape index (κ3) is 5.00. The lowest BCUT2D eigenvalue weighted by molar-refractivity contribution is 0.0349. The van der Waals surface area contributed by atoms with Gasteiger partial charge >= 0.3 is 0 Å². The van der Waals surface area contributed by atoms with Gasteiger partial charge in [0.25, 0.3) is 0 Å². The predicted octanol–water partition coefficient (Wildman–Crippen LogP) is 4.62. The second kappa shape index (κ2) is 6.93. The Morgan fingerprint density at radius 1 is 1.19 bits per heavy atom. The smallest absolute Gasteiger partial charge is 0.0871 e. The second-order valence-corrected chi connectivity index (χ2v) is 4.82. The minimum Gasteiger partial charge on any atom is -0.385 e. The van der Waals surface area contributed by atoms with Crippen molar-refractivity contribution in [2.75, 3.05) is 0 Å². The summed E-state index contributed by atoms with van der Waals surface area (Å²) < 4.78 is 0. The van der Waals surface area contributed by atoms with Gasteiger partial charge < -0.3 is 5.11 Å². The van der Waals surface area contributed by atoms with Gasteiger partial charge in [0.1, 0.15) is 0 Å². The number of rotatable bonds is 3. The highest BCUT2D eigenvalue weighted by Crippen LogP contribution is 2.28.